The number of halogens is 4. The van der Waals surface area contributed by atoms with Crippen LogP contribution in [-0.4, -0.2) is 29.0 Å². The predicted molar refractivity (Wildman–Crippen MR) is 105 cm³/mol. The van der Waals surface area contributed by atoms with Gasteiger partial charge in [0.05, 0.1) is 5.69 Å². The van der Waals surface area contributed by atoms with E-state index in [0.29, 0.717) is 31.1 Å². The van der Waals surface area contributed by atoms with Crippen LogP contribution in [0.3, 0.4) is 0 Å². The van der Waals surface area contributed by atoms with Gasteiger partial charge in [-0.25, -0.2) is 0 Å². The van der Waals surface area contributed by atoms with Gasteiger partial charge < -0.3 is 20.3 Å². The van der Waals surface area contributed by atoms with Crippen LogP contribution < -0.4 is 15.8 Å². The lowest BCUT2D eigenvalue weighted by atomic mass is 10.2. The van der Waals surface area contributed by atoms with E-state index in [1.54, 1.807) is 6.07 Å². The third-order valence-electron chi connectivity index (χ3n) is 3.21. The Kier molecular flexibility index (Phi) is 8.79. The van der Waals surface area contributed by atoms with Crippen molar-refractivity contribution in [3.8, 4) is 5.75 Å². The Balaban J connectivity index is 0.00000364. The van der Waals surface area contributed by atoms with Crippen LogP contribution >= 0.6 is 24.0 Å². The summed E-state index contributed by atoms with van der Waals surface area (Å²) >= 11 is 0. The van der Waals surface area contributed by atoms with Crippen molar-refractivity contribution in [2.45, 2.75) is 39.0 Å². The highest BCUT2D eigenvalue weighted by Gasteiger charge is 2.32. The second-order valence-corrected chi connectivity index (χ2v) is 5.74. The standard InChI is InChI=1S/C16H20F3N5O2.HI/c1-10(2)14-23-13(26-24-14)8-5-9-21-15(20)22-11-6-3-4-7-12(11)25-16(17,18)19;/h3-4,6-7,10H,5,8-9H2,1-2H3,(H3,20,21,22);1H. The van der Waals surface area contributed by atoms with Gasteiger partial charge in [0.25, 0.3) is 0 Å². The molecule has 27 heavy (non-hydrogen) atoms. The summed E-state index contributed by atoms with van der Waals surface area (Å²) in [4.78, 5) is 8.31. The van der Waals surface area contributed by atoms with E-state index in [9.17, 15) is 13.2 Å². The van der Waals surface area contributed by atoms with Gasteiger partial charge >= 0.3 is 6.36 Å². The maximum absolute atomic E-state index is 12.4. The lowest BCUT2D eigenvalue weighted by Crippen LogP contribution is -2.24. The summed E-state index contributed by atoms with van der Waals surface area (Å²) in [5.41, 5.74) is 5.79. The van der Waals surface area contributed by atoms with E-state index in [0.717, 1.165) is 0 Å². The van der Waals surface area contributed by atoms with E-state index in [1.807, 2.05) is 13.8 Å². The third-order valence-corrected chi connectivity index (χ3v) is 3.21. The molecular weight excluding hydrogens is 478 g/mol. The molecule has 0 atom stereocenters. The van der Waals surface area contributed by atoms with E-state index in [4.69, 9.17) is 10.3 Å². The van der Waals surface area contributed by atoms with Crippen LogP contribution in [0.25, 0.3) is 0 Å². The molecule has 1 aromatic heterocycles. The highest BCUT2D eigenvalue weighted by atomic mass is 127. The molecular formula is C16H21F3IN5O2. The number of guanidine groups is 1. The maximum Gasteiger partial charge on any atom is 0.573 e. The number of aromatic nitrogens is 2. The molecule has 0 unspecified atom stereocenters. The fraction of sp³-hybridized carbons (Fsp3) is 0.438. The quantitative estimate of drug-likeness (QED) is 0.258. The summed E-state index contributed by atoms with van der Waals surface area (Å²) in [5.74, 6) is 0.941. The smallest absolute Gasteiger partial charge is 0.404 e. The summed E-state index contributed by atoms with van der Waals surface area (Å²) in [6, 6.07) is 5.58. The lowest BCUT2D eigenvalue weighted by Gasteiger charge is -2.14. The van der Waals surface area contributed by atoms with E-state index >= 15 is 0 Å². The van der Waals surface area contributed by atoms with Gasteiger partial charge in [-0.3, -0.25) is 4.99 Å². The molecule has 0 saturated heterocycles. The molecule has 1 heterocycles. The highest BCUT2D eigenvalue weighted by Crippen LogP contribution is 2.29. The number of rotatable bonds is 7. The van der Waals surface area contributed by atoms with Gasteiger partial charge in [-0.1, -0.05) is 31.1 Å². The maximum atomic E-state index is 12.4. The van der Waals surface area contributed by atoms with Crippen LogP contribution in [0, 0.1) is 0 Å². The van der Waals surface area contributed by atoms with E-state index < -0.39 is 6.36 Å². The molecule has 0 saturated carbocycles. The Hall–Kier alpha value is -2.05. The normalized spacial score (nSPS) is 12.0. The number of alkyl halides is 3. The molecule has 2 rings (SSSR count). The van der Waals surface area contributed by atoms with Crippen LogP contribution in [0.15, 0.2) is 33.8 Å². The van der Waals surface area contributed by atoms with Gasteiger partial charge in [0.1, 0.15) is 0 Å². The number of hydrogen-bond acceptors (Lipinski definition) is 5. The van der Waals surface area contributed by atoms with E-state index in [-0.39, 0.29) is 47.3 Å². The Morgan fingerprint density at radius 2 is 2.04 bits per heavy atom. The molecule has 3 N–H and O–H groups in total. The molecule has 0 fully saturated rings. The van der Waals surface area contributed by atoms with Crippen molar-refractivity contribution in [2.24, 2.45) is 10.7 Å². The van der Waals surface area contributed by atoms with Gasteiger partial charge in [0.15, 0.2) is 17.5 Å². The first-order valence-corrected chi connectivity index (χ1v) is 7.99. The minimum absolute atomic E-state index is 0. The van der Waals surface area contributed by atoms with E-state index in [1.165, 1.54) is 18.2 Å². The number of anilines is 1. The highest BCUT2D eigenvalue weighted by molar-refractivity contribution is 14.0. The van der Waals surface area contributed by atoms with E-state index in [2.05, 4.69) is 25.2 Å². The number of para-hydroxylation sites is 2. The number of nitrogens with zero attached hydrogens (tertiary/aromatic N) is 3. The number of ether oxygens (including phenoxy) is 1. The van der Waals surface area contributed by atoms with Gasteiger partial charge in [0, 0.05) is 18.9 Å². The summed E-state index contributed by atoms with van der Waals surface area (Å²) in [6.45, 7) is 4.28. The second kappa shape index (κ2) is 10.3. The Morgan fingerprint density at radius 3 is 2.67 bits per heavy atom. The summed E-state index contributed by atoms with van der Waals surface area (Å²) in [5, 5.41) is 6.46. The van der Waals surface area contributed by atoms with Crippen molar-refractivity contribution < 1.29 is 22.4 Å². The number of benzene rings is 1. The summed E-state index contributed by atoms with van der Waals surface area (Å²) < 4.78 is 46.2. The number of nitrogens with two attached hydrogens (primary N) is 1. The minimum Gasteiger partial charge on any atom is -0.404 e. The zero-order valence-corrected chi connectivity index (χ0v) is 17.1. The van der Waals surface area contributed by atoms with Crippen molar-refractivity contribution in [2.75, 3.05) is 11.9 Å². The Labute approximate surface area is 171 Å². The van der Waals surface area contributed by atoms with Crippen LogP contribution in [0.5, 0.6) is 5.75 Å². The van der Waals surface area contributed by atoms with Crippen LogP contribution in [0.1, 0.15) is 37.9 Å². The average Bonchev–Trinajstić information content (AvgIpc) is 3.01. The molecule has 2 aromatic rings. The lowest BCUT2D eigenvalue weighted by molar-refractivity contribution is -0.274. The van der Waals surface area contributed by atoms with Crippen molar-refractivity contribution in [3.63, 3.8) is 0 Å². The average molecular weight is 499 g/mol. The molecule has 11 heteroatoms. The largest absolute Gasteiger partial charge is 0.573 e. The number of aryl methyl sites for hydroxylation is 1. The first kappa shape index (κ1) is 23.0. The molecule has 0 aliphatic heterocycles. The zero-order chi connectivity index (χ0) is 19.2. The van der Waals surface area contributed by atoms with Gasteiger partial charge in [-0.05, 0) is 18.6 Å². The Bertz CT molecular complexity index is 750. The molecule has 0 aliphatic carbocycles. The first-order valence-electron chi connectivity index (χ1n) is 7.99. The summed E-state index contributed by atoms with van der Waals surface area (Å²) in [7, 11) is 0. The Morgan fingerprint density at radius 1 is 1.33 bits per heavy atom. The van der Waals surface area contributed by atoms with Crippen LogP contribution in [-0.2, 0) is 6.42 Å². The van der Waals surface area contributed by atoms with Crippen molar-refractivity contribution in [1.29, 1.82) is 0 Å². The summed E-state index contributed by atoms with van der Waals surface area (Å²) in [6.07, 6.45) is -3.66. The third kappa shape index (κ3) is 8.01. The number of aliphatic imine (C=N–C) groups is 1. The van der Waals surface area contributed by atoms with Crippen LogP contribution in [0.2, 0.25) is 0 Å². The second-order valence-electron chi connectivity index (χ2n) is 5.74. The molecule has 0 radical (unpaired) electrons. The topological polar surface area (TPSA) is 98.6 Å². The molecule has 150 valence electrons. The fourth-order valence-electron chi connectivity index (χ4n) is 1.99. The zero-order valence-electron chi connectivity index (χ0n) is 14.8. The first-order chi connectivity index (χ1) is 12.2. The van der Waals surface area contributed by atoms with Crippen molar-refractivity contribution in [1.82, 2.24) is 10.1 Å². The molecule has 0 amide bonds. The number of hydrogen-bond donors (Lipinski definition) is 2. The van der Waals surface area contributed by atoms with Crippen molar-refractivity contribution >= 4 is 35.6 Å². The molecule has 1 aromatic carbocycles. The molecule has 7 nitrogen and oxygen atoms in total. The predicted octanol–water partition coefficient (Wildman–Crippen LogP) is 4.07. The van der Waals surface area contributed by atoms with Crippen molar-refractivity contribution in [3.05, 3.63) is 36.0 Å². The fourth-order valence-corrected chi connectivity index (χ4v) is 1.99. The molecule has 0 aliphatic rings. The number of nitrogens with one attached hydrogen (secondary N) is 1. The molecule has 0 bridgehead atoms. The SMILES string of the molecule is CC(C)c1noc(CCCN=C(N)Nc2ccccc2OC(F)(F)F)n1.I. The minimum atomic E-state index is -4.79. The molecule has 0 spiro atoms. The van der Waals surface area contributed by atoms with Gasteiger partial charge in [-0.2, -0.15) is 4.98 Å². The van der Waals surface area contributed by atoms with Crippen LogP contribution in [0.4, 0.5) is 18.9 Å². The van der Waals surface area contributed by atoms with Gasteiger partial charge in [0.2, 0.25) is 5.89 Å². The monoisotopic (exact) mass is 499 g/mol. The van der Waals surface area contributed by atoms with Gasteiger partial charge in [-0.15, -0.1) is 37.1 Å².